The lowest BCUT2D eigenvalue weighted by molar-refractivity contribution is 0.102. The Hall–Kier alpha value is -4.79. The maximum atomic E-state index is 13.0. The van der Waals surface area contributed by atoms with Gasteiger partial charge in [0.05, 0.1) is 5.69 Å². The van der Waals surface area contributed by atoms with Gasteiger partial charge in [-0.3, -0.25) is 9.78 Å². The Balaban J connectivity index is 1.31. The highest BCUT2D eigenvalue weighted by Crippen LogP contribution is 2.25. The maximum Gasteiger partial charge on any atom is 0.407 e. The summed E-state index contributed by atoms with van der Waals surface area (Å²) < 4.78 is 0. The second-order valence-electron chi connectivity index (χ2n) is 8.55. The summed E-state index contributed by atoms with van der Waals surface area (Å²) in [6, 6.07) is 16.6. The summed E-state index contributed by atoms with van der Waals surface area (Å²) in [5.41, 5.74) is 6.47. The first-order chi connectivity index (χ1) is 17.5. The van der Waals surface area contributed by atoms with Gasteiger partial charge >= 0.3 is 6.09 Å². The van der Waals surface area contributed by atoms with E-state index in [1.807, 2.05) is 55.5 Å². The minimum Gasteiger partial charge on any atom is -0.465 e. The summed E-state index contributed by atoms with van der Waals surface area (Å²) in [5, 5.41) is 15.4. The number of carbonyl (C=O) groups is 2. The molecule has 3 heterocycles. The van der Waals surface area contributed by atoms with Crippen LogP contribution in [0.1, 0.15) is 27.0 Å². The monoisotopic (exact) mass is 480 g/mol. The zero-order chi connectivity index (χ0) is 25.1. The molecule has 0 unspecified atom stereocenters. The molecule has 0 bridgehead atoms. The lowest BCUT2D eigenvalue weighted by Crippen LogP contribution is -2.34. The van der Waals surface area contributed by atoms with Crippen molar-refractivity contribution in [3.05, 3.63) is 95.4 Å². The van der Waals surface area contributed by atoms with Crippen LogP contribution >= 0.6 is 0 Å². The van der Waals surface area contributed by atoms with Crippen LogP contribution in [0, 0.1) is 6.92 Å². The zero-order valence-electron chi connectivity index (χ0n) is 19.6. The molecule has 0 saturated carbocycles. The van der Waals surface area contributed by atoms with Crippen molar-refractivity contribution < 1.29 is 14.7 Å². The first-order valence-corrected chi connectivity index (χ1v) is 11.5. The number of benzene rings is 2. The number of fused-ring (bicyclic) bond motifs is 1. The van der Waals surface area contributed by atoms with Crippen molar-refractivity contribution >= 4 is 29.3 Å². The van der Waals surface area contributed by atoms with Crippen LogP contribution < -0.4 is 10.6 Å². The Labute approximate surface area is 207 Å². The minimum atomic E-state index is -0.930. The van der Waals surface area contributed by atoms with E-state index in [4.69, 9.17) is 0 Å². The second-order valence-corrected chi connectivity index (χ2v) is 8.55. The van der Waals surface area contributed by atoms with E-state index < -0.39 is 6.09 Å². The van der Waals surface area contributed by atoms with Crippen LogP contribution in [0.15, 0.2) is 73.2 Å². The topological polar surface area (TPSA) is 120 Å². The summed E-state index contributed by atoms with van der Waals surface area (Å²) >= 11 is 0. The number of hydrogen-bond acceptors (Lipinski definition) is 6. The summed E-state index contributed by atoms with van der Waals surface area (Å²) in [7, 11) is 0. The third kappa shape index (κ3) is 5.00. The Bertz CT molecular complexity index is 1440. The number of carbonyl (C=O) groups excluding carboxylic acids is 1. The van der Waals surface area contributed by atoms with Gasteiger partial charge in [-0.05, 0) is 72.5 Å². The number of nitrogens with zero attached hydrogens (tertiary/aromatic N) is 4. The number of nitrogens with one attached hydrogen (secondary N) is 2. The predicted molar refractivity (Wildman–Crippen MR) is 136 cm³/mol. The quantitative estimate of drug-likeness (QED) is 0.372. The number of aryl methyl sites for hydroxylation is 1. The fourth-order valence-electron chi connectivity index (χ4n) is 4.11. The summed E-state index contributed by atoms with van der Waals surface area (Å²) in [5.74, 6) is 0.205. The molecule has 0 aliphatic carbocycles. The lowest BCUT2D eigenvalue weighted by atomic mass is 9.97. The minimum absolute atomic E-state index is 0.233. The summed E-state index contributed by atoms with van der Waals surface area (Å²) in [4.78, 5) is 38.6. The van der Waals surface area contributed by atoms with Crippen LogP contribution in [-0.2, 0) is 13.0 Å². The molecule has 4 aromatic rings. The van der Waals surface area contributed by atoms with Crippen molar-refractivity contribution in [3.63, 3.8) is 0 Å². The fourth-order valence-corrected chi connectivity index (χ4v) is 4.11. The molecule has 9 heteroatoms. The van der Waals surface area contributed by atoms with Gasteiger partial charge in [-0.15, -0.1) is 0 Å². The standard InChI is InChI=1S/C27H24N6O3/c1-17-4-7-22(14-24(17)32-26-29-11-8-23(31-26)20-3-2-10-28-15-20)30-25(34)19-5-6-21-16-33(27(35)36)12-9-18(21)13-19/h2-8,10-11,13-15H,9,12,16H2,1H3,(H,30,34)(H,35,36)(H,29,31,32). The zero-order valence-corrected chi connectivity index (χ0v) is 19.6. The Kier molecular flexibility index (Phi) is 6.27. The molecular formula is C27H24N6O3. The number of rotatable bonds is 5. The molecule has 2 aromatic carbocycles. The average Bonchev–Trinajstić information content (AvgIpc) is 2.90. The van der Waals surface area contributed by atoms with Gasteiger partial charge in [-0.2, -0.15) is 0 Å². The van der Waals surface area contributed by atoms with Gasteiger partial charge in [-0.1, -0.05) is 12.1 Å². The van der Waals surface area contributed by atoms with Gasteiger partial charge in [0.25, 0.3) is 5.91 Å². The van der Waals surface area contributed by atoms with Crippen molar-refractivity contribution in [1.29, 1.82) is 0 Å². The third-order valence-corrected chi connectivity index (χ3v) is 6.11. The number of pyridine rings is 1. The molecule has 0 fully saturated rings. The highest BCUT2D eigenvalue weighted by Gasteiger charge is 2.21. The molecule has 180 valence electrons. The van der Waals surface area contributed by atoms with Crippen LogP contribution in [0.3, 0.4) is 0 Å². The third-order valence-electron chi connectivity index (χ3n) is 6.11. The fraction of sp³-hybridized carbons (Fsp3) is 0.148. The van der Waals surface area contributed by atoms with Crippen molar-refractivity contribution in [2.24, 2.45) is 0 Å². The molecule has 36 heavy (non-hydrogen) atoms. The number of anilines is 3. The number of hydrogen-bond donors (Lipinski definition) is 3. The molecular weight excluding hydrogens is 456 g/mol. The van der Waals surface area contributed by atoms with Gasteiger partial charge in [0, 0.05) is 54.2 Å². The van der Waals surface area contributed by atoms with Crippen molar-refractivity contribution in [1.82, 2.24) is 19.9 Å². The Morgan fingerprint density at radius 1 is 1.03 bits per heavy atom. The molecule has 1 aliphatic heterocycles. The van der Waals surface area contributed by atoms with Crippen LogP contribution in [0.25, 0.3) is 11.3 Å². The number of amides is 2. The normalized spacial score (nSPS) is 12.5. The summed E-state index contributed by atoms with van der Waals surface area (Å²) in [6.07, 6.45) is 4.80. The number of carboxylic acid groups (broad SMARTS) is 1. The largest absolute Gasteiger partial charge is 0.465 e. The Morgan fingerprint density at radius 2 is 1.92 bits per heavy atom. The van der Waals surface area contributed by atoms with Crippen molar-refractivity contribution in [2.45, 2.75) is 19.9 Å². The van der Waals surface area contributed by atoms with Gasteiger partial charge in [0.1, 0.15) is 0 Å². The molecule has 0 radical (unpaired) electrons. The van der Waals surface area contributed by atoms with Gasteiger partial charge in [0.15, 0.2) is 0 Å². The SMILES string of the molecule is Cc1ccc(NC(=O)c2ccc3c(c2)CCN(C(=O)O)C3)cc1Nc1nccc(-c2cccnc2)n1. The highest BCUT2D eigenvalue weighted by atomic mass is 16.4. The highest BCUT2D eigenvalue weighted by molar-refractivity contribution is 6.04. The van der Waals surface area contributed by atoms with Gasteiger partial charge in [0.2, 0.25) is 5.95 Å². The van der Waals surface area contributed by atoms with E-state index in [0.717, 1.165) is 33.6 Å². The first-order valence-electron chi connectivity index (χ1n) is 11.5. The lowest BCUT2D eigenvalue weighted by Gasteiger charge is -2.26. The van der Waals surface area contributed by atoms with E-state index >= 15 is 0 Å². The number of aromatic nitrogens is 3. The molecule has 1 aliphatic rings. The molecule has 0 spiro atoms. The van der Waals surface area contributed by atoms with E-state index in [-0.39, 0.29) is 5.91 Å². The van der Waals surface area contributed by atoms with E-state index in [0.29, 0.717) is 36.7 Å². The smallest absolute Gasteiger partial charge is 0.407 e. The molecule has 5 rings (SSSR count). The molecule has 0 atom stereocenters. The van der Waals surface area contributed by atoms with Crippen LogP contribution in [0.4, 0.5) is 22.1 Å². The molecule has 9 nitrogen and oxygen atoms in total. The van der Waals surface area contributed by atoms with E-state index in [9.17, 15) is 14.7 Å². The second kappa shape index (κ2) is 9.83. The molecule has 0 saturated heterocycles. The van der Waals surface area contributed by atoms with Gasteiger partial charge in [-0.25, -0.2) is 14.8 Å². The molecule has 2 aromatic heterocycles. The van der Waals surface area contributed by atoms with Gasteiger partial charge < -0.3 is 20.6 Å². The first kappa shape index (κ1) is 23.0. The maximum absolute atomic E-state index is 13.0. The van der Waals surface area contributed by atoms with E-state index in [2.05, 4.69) is 25.6 Å². The summed E-state index contributed by atoms with van der Waals surface area (Å²) in [6.45, 7) is 2.72. The van der Waals surface area contributed by atoms with Crippen molar-refractivity contribution in [2.75, 3.05) is 17.2 Å². The van der Waals surface area contributed by atoms with Crippen LogP contribution in [0.2, 0.25) is 0 Å². The Morgan fingerprint density at radius 3 is 2.72 bits per heavy atom. The van der Waals surface area contributed by atoms with Crippen LogP contribution in [-0.4, -0.2) is 43.5 Å². The molecule has 2 amide bonds. The molecule has 3 N–H and O–H groups in total. The van der Waals surface area contributed by atoms with Crippen LogP contribution in [0.5, 0.6) is 0 Å². The predicted octanol–water partition coefficient (Wildman–Crippen LogP) is 4.88. The average molecular weight is 481 g/mol. The van der Waals surface area contributed by atoms with E-state index in [1.165, 1.54) is 4.90 Å². The van der Waals surface area contributed by atoms with Crippen molar-refractivity contribution in [3.8, 4) is 11.3 Å². The van der Waals surface area contributed by atoms with E-state index in [1.54, 1.807) is 24.7 Å².